The first-order valence-corrected chi connectivity index (χ1v) is 4.27. The van der Waals surface area contributed by atoms with Crippen LogP contribution in [-0.4, -0.2) is 18.1 Å². The lowest BCUT2D eigenvalue weighted by Gasteiger charge is -2.10. The van der Waals surface area contributed by atoms with E-state index in [1.165, 1.54) is 0 Å². The molecule has 0 radical (unpaired) electrons. The van der Waals surface area contributed by atoms with Crippen molar-refractivity contribution in [2.45, 2.75) is 13.0 Å². The highest BCUT2D eigenvalue weighted by Crippen LogP contribution is 2.24. The van der Waals surface area contributed by atoms with Gasteiger partial charge < -0.3 is 10.5 Å². The molecule has 1 heterocycles. The van der Waals surface area contributed by atoms with Gasteiger partial charge in [0.15, 0.2) is 0 Å². The highest BCUT2D eigenvalue weighted by molar-refractivity contribution is 5.92. The van der Waals surface area contributed by atoms with Gasteiger partial charge in [-0.3, -0.25) is 0 Å². The van der Waals surface area contributed by atoms with E-state index in [9.17, 15) is 18.0 Å². The van der Waals surface area contributed by atoms with Gasteiger partial charge in [0.2, 0.25) is 5.95 Å². The largest absolute Gasteiger partial charge is 0.465 e. The summed E-state index contributed by atoms with van der Waals surface area (Å²) in [7, 11) is 1.03. The summed E-state index contributed by atoms with van der Waals surface area (Å²) in [5.41, 5.74) is 3.75. The molecular formula is C9H9F3N2O2. The summed E-state index contributed by atoms with van der Waals surface area (Å²) < 4.78 is 42.3. The first-order valence-electron chi connectivity index (χ1n) is 4.27. The van der Waals surface area contributed by atoms with Crippen molar-refractivity contribution in [3.05, 3.63) is 28.8 Å². The fourth-order valence-electron chi connectivity index (χ4n) is 1.24. The Hall–Kier alpha value is -1.63. The minimum Gasteiger partial charge on any atom is -0.465 e. The summed E-state index contributed by atoms with van der Waals surface area (Å²) in [6, 6.07) is 0.831. The van der Waals surface area contributed by atoms with Gasteiger partial charge in [-0.1, -0.05) is 0 Å². The molecule has 0 unspecified atom stereocenters. The normalized spacial score (nSPS) is 10.6. The maximum atomic E-state index is 12.9. The second-order valence-corrected chi connectivity index (χ2v) is 2.86. The third-order valence-corrected chi connectivity index (χ3v) is 1.91. The van der Waals surface area contributed by atoms with Crippen LogP contribution in [0.2, 0.25) is 0 Å². The van der Waals surface area contributed by atoms with E-state index in [1.54, 1.807) is 0 Å². The number of alkyl halides is 2. The zero-order valence-corrected chi connectivity index (χ0v) is 8.34. The van der Waals surface area contributed by atoms with Crippen LogP contribution in [0, 0.1) is 5.95 Å². The van der Waals surface area contributed by atoms with Gasteiger partial charge in [0, 0.05) is 6.54 Å². The maximum absolute atomic E-state index is 12.9. The van der Waals surface area contributed by atoms with Gasteiger partial charge in [-0.05, 0) is 11.6 Å². The van der Waals surface area contributed by atoms with Gasteiger partial charge in [0.25, 0.3) is 6.43 Å². The predicted octanol–water partition coefficient (Wildman–Crippen LogP) is 1.40. The number of halogens is 3. The van der Waals surface area contributed by atoms with Crippen LogP contribution in [0.25, 0.3) is 0 Å². The number of nitrogens with zero attached hydrogens (tertiary/aromatic N) is 1. The van der Waals surface area contributed by atoms with Gasteiger partial charge in [0.05, 0.1) is 12.7 Å². The highest BCUT2D eigenvalue weighted by atomic mass is 19.3. The van der Waals surface area contributed by atoms with E-state index in [4.69, 9.17) is 5.73 Å². The molecule has 0 spiro atoms. The molecule has 0 fully saturated rings. The molecule has 0 saturated carbocycles. The summed E-state index contributed by atoms with van der Waals surface area (Å²) >= 11 is 0. The summed E-state index contributed by atoms with van der Waals surface area (Å²) in [5.74, 6) is -2.12. The van der Waals surface area contributed by atoms with Crippen LogP contribution in [0.3, 0.4) is 0 Å². The molecule has 0 amide bonds. The second kappa shape index (κ2) is 4.93. The van der Waals surface area contributed by atoms with E-state index < -0.39 is 29.6 Å². The molecule has 0 aliphatic heterocycles. The number of hydrogen-bond acceptors (Lipinski definition) is 4. The van der Waals surface area contributed by atoms with Gasteiger partial charge >= 0.3 is 5.97 Å². The first kappa shape index (κ1) is 12.4. The van der Waals surface area contributed by atoms with E-state index in [1.807, 2.05) is 0 Å². The van der Waals surface area contributed by atoms with E-state index in [0.717, 1.165) is 13.2 Å². The summed E-state index contributed by atoms with van der Waals surface area (Å²) in [4.78, 5) is 14.2. The highest BCUT2D eigenvalue weighted by Gasteiger charge is 2.25. The smallest absolute Gasteiger partial charge is 0.340 e. The number of ether oxygens (including phenoxy) is 1. The molecule has 88 valence electrons. The molecule has 1 aromatic rings. The topological polar surface area (TPSA) is 65.2 Å². The number of rotatable bonds is 3. The Balaban J connectivity index is 3.45. The molecule has 0 aliphatic carbocycles. The standard InChI is InChI=1S/C9H9F3N2O2/c1-16-9(15)6-4(3-13)2-5(10)14-7(6)8(11)12/h2,8H,3,13H2,1H3. The fraction of sp³-hybridized carbons (Fsp3) is 0.333. The Kier molecular flexibility index (Phi) is 3.83. The number of hydrogen-bond donors (Lipinski definition) is 1. The van der Waals surface area contributed by atoms with Gasteiger partial charge in [-0.25, -0.2) is 18.6 Å². The Labute approximate surface area is 89.2 Å². The van der Waals surface area contributed by atoms with E-state index in [0.29, 0.717) is 0 Å². The molecule has 7 heteroatoms. The fourth-order valence-corrected chi connectivity index (χ4v) is 1.24. The average molecular weight is 234 g/mol. The van der Waals surface area contributed by atoms with Crippen molar-refractivity contribution >= 4 is 5.97 Å². The lowest BCUT2D eigenvalue weighted by Crippen LogP contribution is -2.15. The SMILES string of the molecule is COC(=O)c1c(CN)cc(F)nc1C(F)F. The molecule has 0 atom stereocenters. The minimum absolute atomic E-state index is 0.0605. The van der Waals surface area contributed by atoms with Crippen LogP contribution < -0.4 is 5.73 Å². The minimum atomic E-state index is -3.07. The maximum Gasteiger partial charge on any atom is 0.340 e. The zero-order chi connectivity index (χ0) is 12.3. The van der Waals surface area contributed by atoms with Crippen LogP contribution in [-0.2, 0) is 11.3 Å². The van der Waals surface area contributed by atoms with Crippen molar-refractivity contribution in [1.29, 1.82) is 0 Å². The predicted molar refractivity (Wildman–Crippen MR) is 48.4 cm³/mol. The lowest BCUT2D eigenvalue weighted by molar-refractivity contribution is 0.0585. The quantitative estimate of drug-likeness (QED) is 0.634. The van der Waals surface area contributed by atoms with Gasteiger partial charge in [0.1, 0.15) is 5.69 Å². The van der Waals surface area contributed by atoms with Crippen molar-refractivity contribution < 1.29 is 22.7 Å². The van der Waals surface area contributed by atoms with Crippen molar-refractivity contribution in [3.63, 3.8) is 0 Å². The zero-order valence-electron chi connectivity index (χ0n) is 8.34. The third kappa shape index (κ3) is 2.30. The summed E-state index contributed by atoms with van der Waals surface area (Å²) in [6.45, 7) is -0.260. The van der Waals surface area contributed by atoms with Gasteiger partial charge in [-0.2, -0.15) is 4.39 Å². The molecule has 4 nitrogen and oxygen atoms in total. The van der Waals surface area contributed by atoms with Crippen molar-refractivity contribution in [2.24, 2.45) is 5.73 Å². The Morgan fingerprint density at radius 3 is 2.69 bits per heavy atom. The number of carbonyl (C=O) groups excluding carboxylic acids is 1. The number of nitrogens with two attached hydrogens (primary N) is 1. The Morgan fingerprint density at radius 2 is 2.25 bits per heavy atom. The van der Waals surface area contributed by atoms with E-state index in [-0.39, 0.29) is 12.1 Å². The second-order valence-electron chi connectivity index (χ2n) is 2.86. The molecule has 2 N–H and O–H groups in total. The Morgan fingerprint density at radius 1 is 1.62 bits per heavy atom. The molecule has 1 aromatic heterocycles. The van der Waals surface area contributed by atoms with Crippen LogP contribution in [0.5, 0.6) is 0 Å². The number of carbonyl (C=O) groups is 1. The van der Waals surface area contributed by atoms with Crippen LogP contribution in [0.1, 0.15) is 28.0 Å². The molecule has 0 bridgehead atoms. The molecule has 0 aliphatic rings. The third-order valence-electron chi connectivity index (χ3n) is 1.91. The van der Waals surface area contributed by atoms with Crippen LogP contribution in [0.4, 0.5) is 13.2 Å². The molecular weight excluding hydrogens is 225 g/mol. The van der Waals surface area contributed by atoms with Crippen LogP contribution >= 0.6 is 0 Å². The van der Waals surface area contributed by atoms with Crippen molar-refractivity contribution in [1.82, 2.24) is 4.98 Å². The molecule has 0 aromatic carbocycles. The summed E-state index contributed by atoms with van der Waals surface area (Å²) in [5, 5.41) is 0. The lowest BCUT2D eigenvalue weighted by atomic mass is 10.1. The van der Waals surface area contributed by atoms with Crippen molar-refractivity contribution in [2.75, 3.05) is 7.11 Å². The first-order chi connectivity index (χ1) is 7.51. The van der Waals surface area contributed by atoms with E-state index in [2.05, 4.69) is 9.72 Å². The average Bonchev–Trinajstić information content (AvgIpc) is 2.26. The molecule has 16 heavy (non-hydrogen) atoms. The number of pyridine rings is 1. The van der Waals surface area contributed by atoms with Gasteiger partial charge in [-0.15, -0.1) is 0 Å². The summed E-state index contributed by atoms with van der Waals surface area (Å²) in [6.07, 6.45) is -3.07. The Bertz CT molecular complexity index is 410. The van der Waals surface area contributed by atoms with Crippen LogP contribution in [0.15, 0.2) is 6.07 Å². The monoisotopic (exact) mass is 234 g/mol. The molecule has 0 saturated heterocycles. The number of aromatic nitrogens is 1. The van der Waals surface area contributed by atoms with E-state index >= 15 is 0 Å². The number of esters is 1. The van der Waals surface area contributed by atoms with Crippen molar-refractivity contribution in [3.8, 4) is 0 Å². The number of methoxy groups -OCH3 is 1. The molecule has 1 rings (SSSR count).